The summed E-state index contributed by atoms with van der Waals surface area (Å²) < 4.78 is 10.4. The van der Waals surface area contributed by atoms with Crippen LogP contribution >= 0.6 is 0 Å². The third-order valence-electron chi connectivity index (χ3n) is 3.85. The van der Waals surface area contributed by atoms with Gasteiger partial charge in [-0.1, -0.05) is 18.2 Å². The Morgan fingerprint density at radius 2 is 1.84 bits per heavy atom. The minimum absolute atomic E-state index is 0.189. The number of hydrogen-bond acceptors (Lipinski definition) is 4. The molecule has 1 aliphatic rings. The molecule has 1 fully saturated rings. The monoisotopic (exact) mass is 263 g/mol. The minimum Gasteiger partial charge on any atom is -0.467 e. The maximum atomic E-state index is 12.2. The Kier molecular flexibility index (Phi) is 4.43. The van der Waals surface area contributed by atoms with E-state index in [0.29, 0.717) is 0 Å². The van der Waals surface area contributed by atoms with E-state index < -0.39 is 5.54 Å². The maximum Gasteiger partial charge on any atom is 0.331 e. The van der Waals surface area contributed by atoms with Crippen molar-refractivity contribution in [3.63, 3.8) is 0 Å². The van der Waals surface area contributed by atoms with Crippen molar-refractivity contribution in [1.29, 1.82) is 0 Å². The third-order valence-corrected chi connectivity index (χ3v) is 3.85. The van der Waals surface area contributed by atoms with Gasteiger partial charge >= 0.3 is 5.97 Å². The lowest BCUT2D eigenvalue weighted by molar-refractivity contribution is -0.148. The third kappa shape index (κ3) is 3.07. The van der Waals surface area contributed by atoms with Gasteiger partial charge in [-0.05, 0) is 37.8 Å². The second-order valence-electron chi connectivity index (χ2n) is 5.00. The molecule has 0 amide bonds. The fourth-order valence-corrected chi connectivity index (χ4v) is 2.69. The quantitative estimate of drug-likeness (QED) is 0.848. The molecule has 1 aromatic rings. The Morgan fingerprint density at radius 1 is 1.21 bits per heavy atom. The lowest BCUT2D eigenvalue weighted by atomic mass is 9.80. The number of benzene rings is 1. The molecule has 0 saturated heterocycles. The number of carbonyl (C=O) groups excluding carboxylic acids is 1. The van der Waals surface area contributed by atoms with Gasteiger partial charge in [-0.25, -0.2) is 4.79 Å². The topological polar surface area (TPSA) is 47.6 Å². The van der Waals surface area contributed by atoms with Crippen molar-refractivity contribution < 1.29 is 14.3 Å². The Balaban J connectivity index is 2.15. The molecule has 0 bridgehead atoms. The van der Waals surface area contributed by atoms with E-state index in [-0.39, 0.29) is 12.1 Å². The number of ether oxygens (including phenoxy) is 2. The summed E-state index contributed by atoms with van der Waals surface area (Å²) in [6.45, 7) is 0. The summed E-state index contributed by atoms with van der Waals surface area (Å²) >= 11 is 0. The van der Waals surface area contributed by atoms with Gasteiger partial charge in [0.05, 0.1) is 13.2 Å². The van der Waals surface area contributed by atoms with Crippen molar-refractivity contribution in [1.82, 2.24) is 0 Å². The van der Waals surface area contributed by atoms with Crippen LogP contribution in [0.2, 0.25) is 0 Å². The number of para-hydroxylation sites is 1. The second kappa shape index (κ2) is 6.06. The number of esters is 1. The molecule has 0 aromatic heterocycles. The predicted molar refractivity (Wildman–Crippen MR) is 74.1 cm³/mol. The van der Waals surface area contributed by atoms with Crippen molar-refractivity contribution in [3.8, 4) is 0 Å². The SMILES string of the molecule is COC(=O)C1(Nc2ccccc2)CCC(OC)CC1. The van der Waals surface area contributed by atoms with Crippen LogP contribution in [0.15, 0.2) is 30.3 Å². The van der Waals surface area contributed by atoms with Crippen molar-refractivity contribution >= 4 is 11.7 Å². The van der Waals surface area contributed by atoms with Gasteiger partial charge in [-0.2, -0.15) is 0 Å². The zero-order valence-corrected chi connectivity index (χ0v) is 11.5. The lowest BCUT2D eigenvalue weighted by Gasteiger charge is -2.38. The second-order valence-corrected chi connectivity index (χ2v) is 5.00. The van der Waals surface area contributed by atoms with E-state index in [2.05, 4.69) is 5.32 Å². The number of anilines is 1. The van der Waals surface area contributed by atoms with Crippen molar-refractivity contribution in [2.24, 2.45) is 0 Å². The normalized spacial score (nSPS) is 26.7. The summed E-state index contributed by atoms with van der Waals surface area (Å²) in [6.07, 6.45) is 3.44. The van der Waals surface area contributed by atoms with Gasteiger partial charge in [-0.3, -0.25) is 0 Å². The van der Waals surface area contributed by atoms with Gasteiger partial charge in [0.25, 0.3) is 0 Å². The van der Waals surface area contributed by atoms with Gasteiger partial charge in [0.1, 0.15) is 5.54 Å². The first-order chi connectivity index (χ1) is 9.20. The maximum absolute atomic E-state index is 12.2. The van der Waals surface area contributed by atoms with Crippen LogP contribution in [0.5, 0.6) is 0 Å². The summed E-state index contributed by atoms with van der Waals surface area (Å²) in [6, 6.07) is 9.79. The number of nitrogens with one attached hydrogen (secondary N) is 1. The highest BCUT2D eigenvalue weighted by Gasteiger charge is 2.43. The van der Waals surface area contributed by atoms with Crippen LogP contribution in [0.3, 0.4) is 0 Å². The highest BCUT2D eigenvalue weighted by atomic mass is 16.5. The van der Waals surface area contributed by atoms with Crippen molar-refractivity contribution in [2.75, 3.05) is 19.5 Å². The molecule has 19 heavy (non-hydrogen) atoms. The van der Waals surface area contributed by atoms with E-state index in [9.17, 15) is 4.79 Å². The Morgan fingerprint density at radius 3 is 2.37 bits per heavy atom. The van der Waals surface area contributed by atoms with E-state index in [1.54, 1.807) is 7.11 Å². The highest BCUT2D eigenvalue weighted by Crippen LogP contribution is 2.34. The average molecular weight is 263 g/mol. The van der Waals surface area contributed by atoms with Gasteiger partial charge < -0.3 is 14.8 Å². The number of hydrogen-bond donors (Lipinski definition) is 1. The zero-order valence-electron chi connectivity index (χ0n) is 11.5. The van der Waals surface area contributed by atoms with Gasteiger partial charge in [0, 0.05) is 12.8 Å². The molecule has 0 aliphatic heterocycles. The molecule has 4 heteroatoms. The Hall–Kier alpha value is -1.55. The van der Waals surface area contributed by atoms with Crippen molar-refractivity contribution in [2.45, 2.75) is 37.3 Å². The molecular weight excluding hydrogens is 242 g/mol. The molecule has 1 aliphatic carbocycles. The van der Waals surface area contributed by atoms with E-state index in [0.717, 1.165) is 31.4 Å². The van der Waals surface area contributed by atoms with Crippen LogP contribution < -0.4 is 5.32 Å². The van der Waals surface area contributed by atoms with Gasteiger partial charge in [0.2, 0.25) is 0 Å². The van der Waals surface area contributed by atoms with Crippen LogP contribution in [-0.4, -0.2) is 31.8 Å². The number of carbonyl (C=O) groups is 1. The Bertz CT molecular complexity index is 411. The summed E-state index contributed by atoms with van der Waals surface area (Å²) in [5.41, 5.74) is 0.328. The van der Waals surface area contributed by atoms with E-state index >= 15 is 0 Å². The summed E-state index contributed by atoms with van der Waals surface area (Å²) in [7, 11) is 3.17. The first kappa shape index (κ1) is 13.9. The molecule has 2 rings (SSSR count). The Labute approximate surface area is 114 Å². The van der Waals surface area contributed by atoms with Gasteiger partial charge in [-0.15, -0.1) is 0 Å². The minimum atomic E-state index is -0.620. The zero-order chi connectivity index (χ0) is 13.7. The summed E-state index contributed by atoms with van der Waals surface area (Å²) in [5.74, 6) is -0.189. The molecule has 0 heterocycles. The molecule has 0 atom stereocenters. The lowest BCUT2D eigenvalue weighted by Crippen LogP contribution is -2.50. The molecule has 1 aromatic carbocycles. The summed E-state index contributed by atoms with van der Waals surface area (Å²) in [4.78, 5) is 12.2. The molecule has 0 radical (unpaired) electrons. The van der Waals surface area contributed by atoms with Crippen LogP contribution in [0.1, 0.15) is 25.7 Å². The smallest absolute Gasteiger partial charge is 0.331 e. The molecule has 0 unspecified atom stereocenters. The van der Waals surface area contributed by atoms with E-state index in [1.165, 1.54) is 7.11 Å². The molecule has 1 N–H and O–H groups in total. The van der Waals surface area contributed by atoms with E-state index in [4.69, 9.17) is 9.47 Å². The fourth-order valence-electron chi connectivity index (χ4n) is 2.69. The van der Waals surface area contributed by atoms with Crippen LogP contribution in [0.4, 0.5) is 5.69 Å². The average Bonchev–Trinajstić information content (AvgIpc) is 2.48. The molecular formula is C15H21NO3. The predicted octanol–water partition coefficient (Wildman–Crippen LogP) is 2.60. The van der Waals surface area contributed by atoms with Crippen LogP contribution in [0, 0.1) is 0 Å². The van der Waals surface area contributed by atoms with Crippen LogP contribution in [-0.2, 0) is 14.3 Å². The van der Waals surface area contributed by atoms with Crippen LogP contribution in [0.25, 0.3) is 0 Å². The largest absolute Gasteiger partial charge is 0.467 e. The standard InChI is InChI=1S/C15H21NO3/c1-18-13-8-10-15(11-9-13,14(17)19-2)16-12-6-4-3-5-7-12/h3-7,13,16H,8-11H2,1-2H3. The fraction of sp³-hybridized carbons (Fsp3) is 0.533. The van der Waals surface area contributed by atoms with Crippen molar-refractivity contribution in [3.05, 3.63) is 30.3 Å². The summed E-state index contributed by atoms with van der Waals surface area (Å²) in [5, 5.41) is 3.36. The molecule has 1 saturated carbocycles. The number of rotatable bonds is 4. The van der Waals surface area contributed by atoms with E-state index in [1.807, 2.05) is 30.3 Å². The van der Waals surface area contributed by atoms with Gasteiger partial charge in [0.15, 0.2) is 0 Å². The molecule has 4 nitrogen and oxygen atoms in total. The number of methoxy groups -OCH3 is 2. The molecule has 104 valence electrons. The highest BCUT2D eigenvalue weighted by molar-refractivity contribution is 5.84. The molecule has 0 spiro atoms. The first-order valence-corrected chi connectivity index (χ1v) is 6.64. The first-order valence-electron chi connectivity index (χ1n) is 6.64.